The Labute approximate surface area is 115 Å². The van der Waals surface area contributed by atoms with Crippen molar-refractivity contribution in [3.05, 3.63) is 11.7 Å². The summed E-state index contributed by atoms with van der Waals surface area (Å²) in [5, 5.41) is 7.44. The van der Waals surface area contributed by atoms with E-state index in [0.29, 0.717) is 17.8 Å². The van der Waals surface area contributed by atoms with Gasteiger partial charge in [-0.1, -0.05) is 19.0 Å². The third kappa shape index (κ3) is 2.54. The first-order valence-corrected chi connectivity index (χ1v) is 7.10. The molecule has 5 heteroatoms. The van der Waals surface area contributed by atoms with Gasteiger partial charge in [0.05, 0.1) is 5.92 Å². The molecule has 0 saturated heterocycles. The first-order chi connectivity index (χ1) is 9.04. The van der Waals surface area contributed by atoms with Gasteiger partial charge in [0.2, 0.25) is 11.7 Å². The summed E-state index contributed by atoms with van der Waals surface area (Å²) in [6, 6.07) is 0.299. The topological polar surface area (TPSA) is 60.2 Å². The normalized spacial score (nSPS) is 21.2. The molecule has 2 rings (SSSR count). The monoisotopic (exact) mass is 267 g/mol. The Kier molecular flexibility index (Phi) is 4.26. The maximum absolute atomic E-state index is 5.60. The number of hydrogen-bond acceptors (Lipinski definition) is 5. The Hall–Kier alpha value is -0.940. The third-order valence-corrected chi connectivity index (χ3v) is 4.40. The second-order valence-corrected chi connectivity index (χ2v) is 5.86. The summed E-state index contributed by atoms with van der Waals surface area (Å²) >= 11 is 0. The van der Waals surface area contributed by atoms with Gasteiger partial charge in [-0.3, -0.25) is 0 Å². The summed E-state index contributed by atoms with van der Waals surface area (Å²) in [5.74, 6) is 2.09. The highest BCUT2D eigenvalue weighted by Crippen LogP contribution is 2.43. The van der Waals surface area contributed by atoms with E-state index in [1.165, 1.54) is 0 Å². The predicted octanol–water partition coefficient (Wildman–Crippen LogP) is 2.44. The van der Waals surface area contributed by atoms with Crippen molar-refractivity contribution in [1.29, 1.82) is 0 Å². The van der Waals surface area contributed by atoms with Crippen LogP contribution in [-0.4, -0.2) is 30.3 Å². The second kappa shape index (κ2) is 5.59. The van der Waals surface area contributed by atoms with Crippen LogP contribution in [0.25, 0.3) is 0 Å². The number of aromatic nitrogens is 2. The molecule has 1 saturated carbocycles. The van der Waals surface area contributed by atoms with Crippen LogP contribution in [0.5, 0.6) is 0 Å². The Morgan fingerprint density at radius 1 is 1.32 bits per heavy atom. The minimum Gasteiger partial charge on any atom is -0.370 e. The SMILES string of the molecule is CNC(C)C(c1nc(C2(OC)CCC2)no1)C(C)C. The van der Waals surface area contributed by atoms with Crippen LogP contribution in [0, 0.1) is 5.92 Å². The molecule has 1 N–H and O–H groups in total. The molecule has 2 unspecified atom stereocenters. The summed E-state index contributed by atoms with van der Waals surface area (Å²) in [4.78, 5) is 4.62. The van der Waals surface area contributed by atoms with E-state index in [1.807, 2.05) is 7.05 Å². The highest BCUT2D eigenvalue weighted by molar-refractivity contribution is 5.09. The van der Waals surface area contributed by atoms with Crippen LogP contribution in [0.3, 0.4) is 0 Å². The van der Waals surface area contributed by atoms with E-state index in [9.17, 15) is 0 Å². The van der Waals surface area contributed by atoms with E-state index in [1.54, 1.807) is 7.11 Å². The minimum atomic E-state index is -0.299. The zero-order valence-corrected chi connectivity index (χ0v) is 12.6. The van der Waals surface area contributed by atoms with Crippen LogP contribution in [0.15, 0.2) is 4.52 Å². The van der Waals surface area contributed by atoms with Crippen molar-refractivity contribution in [1.82, 2.24) is 15.5 Å². The van der Waals surface area contributed by atoms with Crippen molar-refractivity contribution < 1.29 is 9.26 Å². The molecule has 1 aliphatic rings. The van der Waals surface area contributed by atoms with Crippen molar-refractivity contribution in [2.75, 3.05) is 14.2 Å². The molecular weight excluding hydrogens is 242 g/mol. The molecular formula is C14H25N3O2. The largest absolute Gasteiger partial charge is 0.370 e. The van der Waals surface area contributed by atoms with Crippen molar-refractivity contribution in [3.8, 4) is 0 Å². The van der Waals surface area contributed by atoms with Crippen LogP contribution < -0.4 is 5.32 Å². The number of likely N-dealkylation sites (N-methyl/N-ethyl adjacent to an activating group) is 1. The maximum atomic E-state index is 5.60. The van der Waals surface area contributed by atoms with Gasteiger partial charge in [0.25, 0.3) is 0 Å². The van der Waals surface area contributed by atoms with Gasteiger partial charge >= 0.3 is 0 Å². The molecule has 1 aliphatic carbocycles. The maximum Gasteiger partial charge on any atom is 0.231 e. The van der Waals surface area contributed by atoms with Gasteiger partial charge in [-0.25, -0.2) is 0 Å². The molecule has 0 bridgehead atoms. The molecule has 2 atom stereocenters. The Morgan fingerprint density at radius 3 is 2.42 bits per heavy atom. The Morgan fingerprint density at radius 2 is 2.00 bits per heavy atom. The molecule has 0 aromatic carbocycles. The minimum absolute atomic E-state index is 0.222. The third-order valence-electron chi connectivity index (χ3n) is 4.40. The van der Waals surface area contributed by atoms with Gasteiger partial charge in [0.1, 0.15) is 5.60 Å². The van der Waals surface area contributed by atoms with Gasteiger partial charge in [0.15, 0.2) is 0 Å². The highest BCUT2D eigenvalue weighted by atomic mass is 16.5. The summed E-state index contributed by atoms with van der Waals surface area (Å²) in [5.41, 5.74) is -0.299. The van der Waals surface area contributed by atoms with Crippen LogP contribution in [0.1, 0.15) is 57.7 Å². The lowest BCUT2D eigenvalue weighted by atomic mass is 9.79. The fourth-order valence-electron chi connectivity index (χ4n) is 2.83. The lowest BCUT2D eigenvalue weighted by Gasteiger charge is -2.37. The van der Waals surface area contributed by atoms with Crippen molar-refractivity contribution in [2.24, 2.45) is 5.92 Å². The lowest BCUT2D eigenvalue weighted by Crippen LogP contribution is -2.37. The quantitative estimate of drug-likeness (QED) is 0.858. The first kappa shape index (κ1) is 14.5. The predicted molar refractivity (Wildman–Crippen MR) is 72.9 cm³/mol. The van der Waals surface area contributed by atoms with Crippen LogP contribution in [-0.2, 0) is 10.3 Å². The van der Waals surface area contributed by atoms with Crippen LogP contribution in [0.2, 0.25) is 0 Å². The first-order valence-electron chi connectivity index (χ1n) is 7.10. The molecule has 1 heterocycles. The van der Waals surface area contributed by atoms with Gasteiger partial charge in [-0.05, 0) is 39.2 Å². The van der Waals surface area contributed by atoms with E-state index >= 15 is 0 Å². The van der Waals surface area contributed by atoms with Crippen LogP contribution >= 0.6 is 0 Å². The molecule has 1 aromatic rings. The molecule has 108 valence electrons. The van der Waals surface area contributed by atoms with Gasteiger partial charge in [-0.15, -0.1) is 0 Å². The van der Waals surface area contributed by atoms with E-state index in [2.05, 4.69) is 36.2 Å². The van der Waals surface area contributed by atoms with E-state index in [0.717, 1.165) is 25.2 Å². The number of methoxy groups -OCH3 is 1. The molecule has 1 fully saturated rings. The molecule has 5 nitrogen and oxygen atoms in total. The molecule has 1 aromatic heterocycles. The standard InChI is InChI=1S/C14H25N3O2/c1-9(2)11(10(3)15-4)12-16-13(17-19-12)14(18-5)7-6-8-14/h9-11,15H,6-8H2,1-5H3. The number of ether oxygens (including phenoxy) is 1. The number of nitrogens with zero attached hydrogens (tertiary/aromatic N) is 2. The number of nitrogens with one attached hydrogen (secondary N) is 1. The summed E-state index contributed by atoms with van der Waals surface area (Å²) in [7, 11) is 3.69. The second-order valence-electron chi connectivity index (χ2n) is 5.86. The molecule has 0 aliphatic heterocycles. The fraction of sp³-hybridized carbons (Fsp3) is 0.857. The van der Waals surface area contributed by atoms with Crippen LogP contribution in [0.4, 0.5) is 0 Å². The van der Waals surface area contributed by atoms with Gasteiger partial charge in [0, 0.05) is 13.2 Å². The fourth-order valence-corrected chi connectivity index (χ4v) is 2.83. The summed E-state index contributed by atoms with van der Waals surface area (Å²) in [6.45, 7) is 6.50. The molecule has 0 spiro atoms. The summed E-state index contributed by atoms with van der Waals surface area (Å²) in [6.07, 6.45) is 3.13. The Bertz CT molecular complexity index is 407. The van der Waals surface area contributed by atoms with E-state index in [-0.39, 0.29) is 11.5 Å². The molecule has 0 radical (unpaired) electrons. The Balaban J connectivity index is 2.23. The molecule has 19 heavy (non-hydrogen) atoms. The highest BCUT2D eigenvalue weighted by Gasteiger charge is 2.44. The van der Waals surface area contributed by atoms with Gasteiger partial charge < -0.3 is 14.6 Å². The molecule has 0 amide bonds. The number of rotatable bonds is 6. The summed E-state index contributed by atoms with van der Waals surface area (Å²) < 4.78 is 11.1. The van der Waals surface area contributed by atoms with Gasteiger partial charge in [-0.2, -0.15) is 4.98 Å². The van der Waals surface area contributed by atoms with Crippen molar-refractivity contribution >= 4 is 0 Å². The average Bonchev–Trinajstić information content (AvgIpc) is 2.77. The van der Waals surface area contributed by atoms with Crippen molar-refractivity contribution in [2.45, 2.75) is 57.6 Å². The van der Waals surface area contributed by atoms with E-state index in [4.69, 9.17) is 9.26 Å². The lowest BCUT2D eigenvalue weighted by molar-refractivity contribution is -0.0858. The smallest absolute Gasteiger partial charge is 0.231 e. The van der Waals surface area contributed by atoms with E-state index < -0.39 is 0 Å². The zero-order valence-electron chi connectivity index (χ0n) is 12.6. The number of hydrogen-bond donors (Lipinski definition) is 1. The zero-order chi connectivity index (χ0) is 14.0. The average molecular weight is 267 g/mol. The van der Waals surface area contributed by atoms with Crippen molar-refractivity contribution in [3.63, 3.8) is 0 Å².